The summed E-state index contributed by atoms with van der Waals surface area (Å²) in [5.74, 6) is -0.162. The molecule has 0 atom stereocenters. The molecule has 3 heterocycles. The first kappa shape index (κ1) is 27.7. The fourth-order valence-corrected chi connectivity index (χ4v) is 5.62. The van der Waals surface area contributed by atoms with Gasteiger partial charge in [0.25, 0.3) is 5.91 Å². The van der Waals surface area contributed by atoms with Crippen LogP contribution in [0.3, 0.4) is 0 Å². The zero-order valence-electron chi connectivity index (χ0n) is 23.1. The molecule has 8 heteroatoms. The summed E-state index contributed by atoms with van der Waals surface area (Å²) in [7, 11) is 3.79. The first-order chi connectivity index (χ1) is 18.4. The number of allylic oxidation sites excluding steroid dienone is 2. The Kier molecular flexibility index (Phi) is 9.07. The third-order valence-electron chi connectivity index (χ3n) is 7.55. The van der Waals surface area contributed by atoms with Crippen LogP contribution >= 0.6 is 0 Å². The van der Waals surface area contributed by atoms with E-state index in [-0.39, 0.29) is 5.91 Å². The number of hydrogen-bond donors (Lipinski definition) is 3. The lowest BCUT2D eigenvalue weighted by molar-refractivity contribution is -0.105. The third kappa shape index (κ3) is 6.37. The SMILES string of the molecule is C1CCOC1.CC/C(Nc1ccc(N2CC3(CN(C)C3)C2)cc1)=C(/C)c1cc(C(=O)NC)ccc1NC=O. The van der Waals surface area contributed by atoms with Crippen LogP contribution < -0.4 is 20.9 Å². The summed E-state index contributed by atoms with van der Waals surface area (Å²) in [6.07, 6.45) is 3.99. The zero-order chi connectivity index (χ0) is 27.1. The number of nitrogens with one attached hydrogen (secondary N) is 3. The topological polar surface area (TPSA) is 85.9 Å². The molecule has 1 spiro atoms. The second-order valence-corrected chi connectivity index (χ2v) is 10.6. The molecular weight excluding hydrogens is 478 g/mol. The molecule has 2 aromatic carbocycles. The Labute approximate surface area is 226 Å². The molecule has 0 saturated carbocycles. The first-order valence-electron chi connectivity index (χ1n) is 13.5. The minimum absolute atomic E-state index is 0.162. The van der Waals surface area contributed by atoms with Crippen LogP contribution in [0.2, 0.25) is 0 Å². The highest BCUT2D eigenvalue weighted by Gasteiger charge is 2.50. The van der Waals surface area contributed by atoms with Gasteiger partial charge < -0.3 is 30.5 Å². The van der Waals surface area contributed by atoms with Crippen LogP contribution in [0.25, 0.3) is 5.57 Å². The van der Waals surface area contributed by atoms with Gasteiger partial charge in [-0.3, -0.25) is 9.59 Å². The molecule has 5 rings (SSSR count). The minimum atomic E-state index is -0.162. The Balaban J connectivity index is 0.000000603. The predicted octanol–water partition coefficient (Wildman–Crippen LogP) is 4.42. The van der Waals surface area contributed by atoms with Gasteiger partial charge in [-0.1, -0.05) is 6.92 Å². The second kappa shape index (κ2) is 12.5. The van der Waals surface area contributed by atoms with E-state index in [0.717, 1.165) is 55.2 Å². The first-order valence-corrected chi connectivity index (χ1v) is 13.5. The van der Waals surface area contributed by atoms with Crippen molar-refractivity contribution < 1.29 is 14.3 Å². The maximum atomic E-state index is 12.1. The van der Waals surface area contributed by atoms with E-state index < -0.39 is 0 Å². The van der Waals surface area contributed by atoms with Gasteiger partial charge in [0.15, 0.2) is 0 Å². The second-order valence-electron chi connectivity index (χ2n) is 10.6. The summed E-state index contributed by atoms with van der Waals surface area (Å²) < 4.78 is 4.94. The standard InChI is InChI=1S/C26H33N5O2.C4H8O/c1-5-23(18(2)22-12-19(25(33)27-3)6-11-24(22)28-17-32)29-20-7-9-21(10-8-20)31-15-26(16-31)13-30(4)14-26;1-2-4-5-3-1/h6-12,17,29H,5,13-16H2,1-4H3,(H,27,33)(H,28,32);1-4H2/b23-18+;. The van der Waals surface area contributed by atoms with Crippen molar-refractivity contribution in [1.82, 2.24) is 10.2 Å². The smallest absolute Gasteiger partial charge is 0.251 e. The molecule has 3 N–H and O–H groups in total. The summed E-state index contributed by atoms with van der Waals surface area (Å²) in [6, 6.07) is 13.9. The summed E-state index contributed by atoms with van der Waals surface area (Å²) >= 11 is 0. The average Bonchev–Trinajstić information content (AvgIpc) is 3.49. The molecule has 8 nitrogen and oxygen atoms in total. The fraction of sp³-hybridized carbons (Fsp3) is 0.467. The summed E-state index contributed by atoms with van der Waals surface area (Å²) in [6.45, 7) is 10.8. The van der Waals surface area contributed by atoms with Crippen LogP contribution in [0.15, 0.2) is 48.2 Å². The molecule has 3 aliphatic rings. The third-order valence-corrected chi connectivity index (χ3v) is 7.55. The minimum Gasteiger partial charge on any atom is -0.381 e. The molecule has 2 amide bonds. The number of benzene rings is 2. The highest BCUT2D eigenvalue weighted by atomic mass is 16.5. The van der Waals surface area contributed by atoms with Crippen molar-refractivity contribution in [2.24, 2.45) is 5.41 Å². The van der Waals surface area contributed by atoms with E-state index in [1.54, 1.807) is 19.2 Å². The average molecular weight is 520 g/mol. The molecule has 0 unspecified atom stereocenters. The molecule has 3 saturated heterocycles. The number of likely N-dealkylation sites (tertiary alicyclic amines) is 1. The van der Waals surface area contributed by atoms with Gasteiger partial charge in [0, 0.05) is 85.7 Å². The number of rotatable bonds is 8. The maximum Gasteiger partial charge on any atom is 0.251 e. The molecule has 3 aliphatic heterocycles. The number of carbonyl (C=O) groups excluding carboxylic acids is 2. The van der Waals surface area contributed by atoms with E-state index in [9.17, 15) is 9.59 Å². The highest BCUT2D eigenvalue weighted by Crippen LogP contribution is 2.41. The van der Waals surface area contributed by atoms with E-state index in [1.165, 1.54) is 31.6 Å². The molecule has 38 heavy (non-hydrogen) atoms. The van der Waals surface area contributed by atoms with Crippen molar-refractivity contribution in [2.45, 2.75) is 33.1 Å². The summed E-state index contributed by atoms with van der Waals surface area (Å²) in [5.41, 5.74) is 6.84. The largest absolute Gasteiger partial charge is 0.381 e. The van der Waals surface area contributed by atoms with Gasteiger partial charge in [0.1, 0.15) is 0 Å². The van der Waals surface area contributed by atoms with Crippen LogP contribution in [-0.4, -0.2) is 70.7 Å². The van der Waals surface area contributed by atoms with E-state index >= 15 is 0 Å². The van der Waals surface area contributed by atoms with Crippen LogP contribution in [-0.2, 0) is 9.53 Å². The molecule has 204 valence electrons. The molecule has 0 aromatic heterocycles. The van der Waals surface area contributed by atoms with Crippen LogP contribution in [0.5, 0.6) is 0 Å². The predicted molar refractivity (Wildman–Crippen MR) is 155 cm³/mol. The Morgan fingerprint density at radius 3 is 2.26 bits per heavy atom. The Bertz CT molecular complexity index is 1140. The molecule has 0 bridgehead atoms. The van der Waals surface area contributed by atoms with Gasteiger partial charge in [-0.25, -0.2) is 0 Å². The van der Waals surface area contributed by atoms with Crippen molar-refractivity contribution in [3.05, 3.63) is 59.3 Å². The van der Waals surface area contributed by atoms with Crippen molar-refractivity contribution in [2.75, 3.05) is 69.0 Å². The van der Waals surface area contributed by atoms with Crippen LogP contribution in [0.1, 0.15) is 49.0 Å². The van der Waals surface area contributed by atoms with E-state index in [2.05, 4.69) is 64.0 Å². The number of carbonyl (C=O) groups is 2. The van der Waals surface area contributed by atoms with Crippen molar-refractivity contribution in [3.8, 4) is 0 Å². The van der Waals surface area contributed by atoms with Gasteiger partial charge >= 0.3 is 0 Å². The fourth-order valence-electron chi connectivity index (χ4n) is 5.62. The summed E-state index contributed by atoms with van der Waals surface area (Å²) in [5, 5.41) is 8.95. The van der Waals surface area contributed by atoms with Crippen molar-refractivity contribution >= 4 is 35.0 Å². The maximum absolute atomic E-state index is 12.1. The van der Waals surface area contributed by atoms with Gasteiger partial charge in [-0.2, -0.15) is 0 Å². The monoisotopic (exact) mass is 519 g/mol. The van der Waals surface area contributed by atoms with Crippen LogP contribution in [0, 0.1) is 5.41 Å². The summed E-state index contributed by atoms with van der Waals surface area (Å²) in [4.78, 5) is 28.1. The van der Waals surface area contributed by atoms with Gasteiger partial charge in [-0.05, 0) is 81.3 Å². The van der Waals surface area contributed by atoms with E-state index in [4.69, 9.17) is 4.74 Å². The Hall–Kier alpha value is -3.36. The quantitative estimate of drug-likeness (QED) is 0.448. The zero-order valence-corrected chi connectivity index (χ0v) is 23.1. The van der Waals surface area contributed by atoms with Crippen LogP contribution in [0.4, 0.5) is 17.1 Å². The van der Waals surface area contributed by atoms with E-state index in [1.807, 2.05) is 13.0 Å². The Morgan fingerprint density at radius 1 is 1.05 bits per heavy atom. The number of amides is 2. The van der Waals surface area contributed by atoms with Gasteiger partial charge in [-0.15, -0.1) is 0 Å². The van der Waals surface area contributed by atoms with Crippen molar-refractivity contribution in [1.29, 1.82) is 0 Å². The number of ether oxygens (including phenoxy) is 1. The lowest BCUT2D eigenvalue weighted by atomic mass is 9.73. The number of hydrogen-bond acceptors (Lipinski definition) is 6. The molecule has 2 aromatic rings. The lowest BCUT2D eigenvalue weighted by Crippen LogP contribution is -2.71. The Morgan fingerprint density at radius 2 is 1.74 bits per heavy atom. The normalized spacial score (nSPS) is 18.4. The molecule has 0 radical (unpaired) electrons. The molecule has 3 fully saturated rings. The molecule has 0 aliphatic carbocycles. The number of anilines is 3. The van der Waals surface area contributed by atoms with Crippen molar-refractivity contribution in [3.63, 3.8) is 0 Å². The number of nitrogens with zero attached hydrogens (tertiary/aromatic N) is 2. The van der Waals surface area contributed by atoms with Gasteiger partial charge in [0.2, 0.25) is 6.41 Å². The van der Waals surface area contributed by atoms with Gasteiger partial charge in [0.05, 0.1) is 0 Å². The van der Waals surface area contributed by atoms with E-state index in [0.29, 0.717) is 23.1 Å². The molecular formula is C30H41N5O3. The lowest BCUT2D eigenvalue weighted by Gasteiger charge is -2.60. The highest BCUT2D eigenvalue weighted by molar-refractivity contribution is 5.97.